The first kappa shape index (κ1) is 15.4. The monoisotopic (exact) mass is 293 g/mol. The summed E-state index contributed by atoms with van der Waals surface area (Å²) in [5.41, 5.74) is 11.1. The van der Waals surface area contributed by atoms with E-state index >= 15 is 0 Å². The molecule has 8 nitrogen and oxygen atoms in total. The average Bonchev–Trinajstić information content (AvgIpc) is 2.45. The number of carbonyl (C=O) groups excluding carboxylic acids is 1. The SMILES string of the molecule is C[C@@H](c1nc(N)nc(N(C)C)n1)N1CCC(C(N)=O)CC1. The average molecular weight is 293 g/mol. The Hall–Kier alpha value is -1.96. The molecular weight excluding hydrogens is 270 g/mol. The smallest absolute Gasteiger partial charge is 0.229 e. The zero-order valence-electron chi connectivity index (χ0n) is 12.8. The van der Waals surface area contributed by atoms with Crippen LogP contribution >= 0.6 is 0 Å². The summed E-state index contributed by atoms with van der Waals surface area (Å²) < 4.78 is 0. The Bertz CT molecular complexity index is 511. The van der Waals surface area contributed by atoms with Gasteiger partial charge in [-0.25, -0.2) is 0 Å². The number of nitrogen functional groups attached to an aromatic ring is 1. The highest BCUT2D eigenvalue weighted by atomic mass is 16.1. The molecular formula is C13H23N7O. The number of primary amides is 1. The Morgan fingerprint density at radius 3 is 2.43 bits per heavy atom. The number of carbonyl (C=O) groups is 1. The van der Waals surface area contributed by atoms with Gasteiger partial charge in [-0.1, -0.05) is 0 Å². The van der Waals surface area contributed by atoms with Gasteiger partial charge in [-0.2, -0.15) is 15.0 Å². The van der Waals surface area contributed by atoms with Crippen LogP contribution < -0.4 is 16.4 Å². The van der Waals surface area contributed by atoms with Gasteiger partial charge < -0.3 is 16.4 Å². The van der Waals surface area contributed by atoms with E-state index in [1.165, 1.54) is 0 Å². The van der Waals surface area contributed by atoms with Crippen molar-refractivity contribution in [2.75, 3.05) is 37.8 Å². The van der Waals surface area contributed by atoms with E-state index in [4.69, 9.17) is 11.5 Å². The molecule has 1 aromatic heterocycles. The fraction of sp³-hybridized carbons (Fsp3) is 0.692. The van der Waals surface area contributed by atoms with Crippen molar-refractivity contribution in [3.8, 4) is 0 Å². The van der Waals surface area contributed by atoms with Crippen molar-refractivity contribution >= 4 is 17.8 Å². The maximum atomic E-state index is 11.2. The van der Waals surface area contributed by atoms with Gasteiger partial charge in [-0.3, -0.25) is 9.69 Å². The number of anilines is 2. The molecule has 1 fully saturated rings. The molecule has 2 rings (SSSR count). The first-order valence-electron chi connectivity index (χ1n) is 7.10. The normalized spacial score (nSPS) is 18.4. The molecule has 0 unspecified atom stereocenters. The summed E-state index contributed by atoms with van der Waals surface area (Å²) in [6, 6.07) is 0.0304. The lowest BCUT2D eigenvalue weighted by Gasteiger charge is -2.34. The van der Waals surface area contributed by atoms with Crippen molar-refractivity contribution in [2.24, 2.45) is 11.7 Å². The fourth-order valence-electron chi connectivity index (χ4n) is 2.52. The van der Waals surface area contributed by atoms with Gasteiger partial charge in [0.25, 0.3) is 0 Å². The Morgan fingerprint density at radius 1 is 1.29 bits per heavy atom. The van der Waals surface area contributed by atoms with Gasteiger partial charge in [0.05, 0.1) is 6.04 Å². The van der Waals surface area contributed by atoms with Gasteiger partial charge in [0.1, 0.15) is 0 Å². The topological polar surface area (TPSA) is 114 Å². The molecule has 21 heavy (non-hydrogen) atoms. The second-order valence-corrected chi connectivity index (χ2v) is 5.63. The molecule has 0 bridgehead atoms. The fourth-order valence-corrected chi connectivity index (χ4v) is 2.52. The number of hydrogen-bond acceptors (Lipinski definition) is 7. The van der Waals surface area contributed by atoms with Crippen molar-refractivity contribution in [1.29, 1.82) is 0 Å². The van der Waals surface area contributed by atoms with Gasteiger partial charge in [-0.15, -0.1) is 0 Å². The van der Waals surface area contributed by atoms with E-state index in [1.807, 2.05) is 21.0 Å². The Kier molecular flexibility index (Phi) is 4.56. The van der Waals surface area contributed by atoms with Gasteiger partial charge in [-0.05, 0) is 32.9 Å². The highest BCUT2D eigenvalue weighted by Gasteiger charge is 2.28. The molecule has 4 N–H and O–H groups in total. The standard InChI is InChI=1S/C13H23N7O/c1-8(20-6-4-9(5-7-20)10(14)21)11-16-12(15)18-13(17-11)19(2)3/h8-9H,4-7H2,1-3H3,(H2,14,21)(H2,15,16,17,18)/t8-/m0/s1. The second kappa shape index (κ2) is 6.21. The Balaban J connectivity index is 2.10. The highest BCUT2D eigenvalue weighted by molar-refractivity contribution is 5.76. The van der Waals surface area contributed by atoms with E-state index in [2.05, 4.69) is 19.9 Å². The van der Waals surface area contributed by atoms with Crippen molar-refractivity contribution < 1.29 is 4.79 Å². The van der Waals surface area contributed by atoms with Gasteiger partial charge >= 0.3 is 0 Å². The summed E-state index contributed by atoms with van der Waals surface area (Å²) in [4.78, 5) is 28.0. The third-order valence-electron chi connectivity index (χ3n) is 3.91. The summed E-state index contributed by atoms with van der Waals surface area (Å²) in [7, 11) is 3.73. The molecule has 0 radical (unpaired) electrons. The van der Waals surface area contributed by atoms with E-state index in [0.717, 1.165) is 25.9 Å². The van der Waals surface area contributed by atoms with Crippen molar-refractivity contribution in [3.63, 3.8) is 0 Å². The lowest BCUT2D eigenvalue weighted by molar-refractivity contribution is -0.123. The lowest BCUT2D eigenvalue weighted by atomic mass is 9.95. The molecule has 0 saturated carbocycles. The number of likely N-dealkylation sites (tertiary alicyclic amines) is 1. The summed E-state index contributed by atoms with van der Waals surface area (Å²) in [6.45, 7) is 3.65. The van der Waals surface area contributed by atoms with Crippen LogP contribution in [0.15, 0.2) is 0 Å². The first-order valence-corrected chi connectivity index (χ1v) is 7.10. The Labute approximate surface area is 124 Å². The Morgan fingerprint density at radius 2 is 1.90 bits per heavy atom. The van der Waals surface area contributed by atoms with Crippen LogP contribution in [0.1, 0.15) is 31.6 Å². The van der Waals surface area contributed by atoms with Crippen LogP contribution in [-0.4, -0.2) is 52.9 Å². The second-order valence-electron chi connectivity index (χ2n) is 5.63. The molecule has 1 amide bonds. The quantitative estimate of drug-likeness (QED) is 0.788. The number of rotatable bonds is 4. The van der Waals surface area contributed by atoms with E-state index in [1.54, 1.807) is 4.90 Å². The van der Waals surface area contributed by atoms with Crippen LogP contribution in [-0.2, 0) is 4.79 Å². The van der Waals surface area contributed by atoms with E-state index in [0.29, 0.717) is 11.8 Å². The zero-order chi connectivity index (χ0) is 15.6. The summed E-state index contributed by atoms with van der Waals surface area (Å²) in [5, 5.41) is 0. The van der Waals surface area contributed by atoms with Gasteiger partial charge in [0.15, 0.2) is 5.82 Å². The first-order chi connectivity index (χ1) is 9.88. The van der Waals surface area contributed by atoms with Crippen LogP contribution in [0.3, 0.4) is 0 Å². The molecule has 1 atom stereocenters. The number of amides is 1. The van der Waals surface area contributed by atoms with Crippen molar-refractivity contribution in [3.05, 3.63) is 5.82 Å². The third kappa shape index (κ3) is 3.57. The maximum Gasteiger partial charge on any atom is 0.229 e. The molecule has 1 saturated heterocycles. The van der Waals surface area contributed by atoms with Crippen LogP contribution in [0.2, 0.25) is 0 Å². The number of hydrogen-bond donors (Lipinski definition) is 2. The van der Waals surface area contributed by atoms with E-state index < -0.39 is 0 Å². The van der Waals surface area contributed by atoms with Crippen molar-refractivity contribution in [1.82, 2.24) is 19.9 Å². The zero-order valence-corrected chi connectivity index (χ0v) is 12.8. The number of nitrogens with two attached hydrogens (primary N) is 2. The largest absolute Gasteiger partial charge is 0.369 e. The molecule has 8 heteroatoms. The van der Waals surface area contributed by atoms with Crippen molar-refractivity contribution in [2.45, 2.75) is 25.8 Å². The summed E-state index contributed by atoms with van der Waals surface area (Å²) in [6.07, 6.45) is 1.56. The van der Waals surface area contributed by atoms with E-state index in [-0.39, 0.29) is 23.8 Å². The van der Waals surface area contributed by atoms with E-state index in [9.17, 15) is 4.79 Å². The lowest BCUT2D eigenvalue weighted by Crippen LogP contribution is -2.40. The van der Waals surface area contributed by atoms with Crippen LogP contribution in [0.25, 0.3) is 0 Å². The molecule has 0 spiro atoms. The molecule has 1 aromatic rings. The van der Waals surface area contributed by atoms with Crippen LogP contribution in [0, 0.1) is 5.92 Å². The van der Waals surface area contributed by atoms with Gasteiger partial charge in [0.2, 0.25) is 17.8 Å². The highest BCUT2D eigenvalue weighted by Crippen LogP contribution is 2.25. The molecule has 0 aromatic carbocycles. The molecule has 0 aliphatic carbocycles. The summed E-state index contributed by atoms with van der Waals surface area (Å²) >= 11 is 0. The predicted octanol–water partition coefficient (Wildman–Crippen LogP) is -0.222. The molecule has 2 heterocycles. The van der Waals surface area contributed by atoms with Crippen LogP contribution in [0.4, 0.5) is 11.9 Å². The summed E-state index contributed by atoms with van der Waals surface area (Å²) in [5.74, 6) is 1.21. The number of piperidine rings is 1. The third-order valence-corrected chi connectivity index (χ3v) is 3.91. The molecule has 116 valence electrons. The number of aromatic nitrogens is 3. The minimum absolute atomic E-state index is 0.0192. The minimum Gasteiger partial charge on any atom is -0.369 e. The van der Waals surface area contributed by atoms with Gasteiger partial charge in [0, 0.05) is 20.0 Å². The minimum atomic E-state index is -0.207. The van der Waals surface area contributed by atoms with Crippen LogP contribution in [0.5, 0.6) is 0 Å². The number of nitrogens with zero attached hydrogens (tertiary/aromatic N) is 5. The molecule has 1 aliphatic rings. The maximum absolute atomic E-state index is 11.2. The molecule has 1 aliphatic heterocycles. The predicted molar refractivity (Wildman–Crippen MR) is 80.5 cm³/mol.